The van der Waals surface area contributed by atoms with Crippen molar-refractivity contribution in [3.63, 3.8) is 0 Å². The Kier molecular flexibility index (Phi) is 5.52. The van der Waals surface area contributed by atoms with Crippen LogP contribution in [-0.4, -0.2) is 23.6 Å². The Morgan fingerprint density at radius 1 is 1.14 bits per heavy atom. The molecule has 112 valence electrons. The molecule has 0 unspecified atom stereocenters. The van der Waals surface area contributed by atoms with Gasteiger partial charge in [-0.25, -0.2) is 9.97 Å². The lowest BCUT2D eigenvalue weighted by molar-refractivity contribution is 0.181. The number of benzene rings is 1. The number of rotatable bonds is 5. The molecule has 1 aromatic carbocycles. The molecule has 4 nitrogen and oxygen atoms in total. The van der Waals surface area contributed by atoms with Gasteiger partial charge in [0, 0.05) is 19.2 Å². The van der Waals surface area contributed by atoms with Crippen LogP contribution in [0.3, 0.4) is 0 Å². The molecular formula is C16H20IN3O. The van der Waals surface area contributed by atoms with Crippen LogP contribution in [0.1, 0.15) is 23.7 Å². The number of aromatic nitrogens is 2. The molecule has 5 heteroatoms. The van der Waals surface area contributed by atoms with Crippen molar-refractivity contribution in [1.82, 2.24) is 9.97 Å². The molecule has 0 fully saturated rings. The summed E-state index contributed by atoms with van der Waals surface area (Å²) in [6.45, 7) is 7.54. The van der Waals surface area contributed by atoms with E-state index in [0.29, 0.717) is 6.61 Å². The minimum atomic E-state index is 0.483. The van der Waals surface area contributed by atoms with Crippen LogP contribution in [0.4, 0.5) is 5.82 Å². The third-order valence-electron chi connectivity index (χ3n) is 3.02. The van der Waals surface area contributed by atoms with Gasteiger partial charge in [0.15, 0.2) is 5.82 Å². The largest absolute Gasteiger partial charge is 0.378 e. The molecule has 21 heavy (non-hydrogen) atoms. The highest BCUT2D eigenvalue weighted by molar-refractivity contribution is 14.1. The molecule has 0 aliphatic heterocycles. The van der Waals surface area contributed by atoms with Crippen LogP contribution in [0, 0.1) is 17.4 Å². The zero-order valence-electron chi connectivity index (χ0n) is 12.8. The lowest BCUT2D eigenvalue weighted by Gasteiger charge is -2.12. The molecule has 0 bridgehead atoms. The summed E-state index contributed by atoms with van der Waals surface area (Å²) in [7, 11) is 1.68. The highest BCUT2D eigenvalue weighted by atomic mass is 127. The van der Waals surface area contributed by atoms with Crippen molar-refractivity contribution in [2.45, 2.75) is 27.4 Å². The summed E-state index contributed by atoms with van der Waals surface area (Å²) in [4.78, 5) is 9.35. The fourth-order valence-corrected chi connectivity index (χ4v) is 2.83. The lowest BCUT2D eigenvalue weighted by atomic mass is 10.1. The van der Waals surface area contributed by atoms with Gasteiger partial charge in [-0.15, -0.1) is 0 Å². The van der Waals surface area contributed by atoms with E-state index < -0.39 is 0 Å². The Morgan fingerprint density at radius 2 is 1.81 bits per heavy atom. The van der Waals surface area contributed by atoms with Gasteiger partial charge < -0.3 is 10.1 Å². The molecule has 2 aromatic rings. The van der Waals surface area contributed by atoms with E-state index >= 15 is 0 Å². The zero-order valence-corrected chi connectivity index (χ0v) is 15.0. The number of anilines is 1. The second-order valence-electron chi connectivity index (χ2n) is 5.00. The van der Waals surface area contributed by atoms with Gasteiger partial charge in [-0.2, -0.15) is 0 Å². The van der Waals surface area contributed by atoms with E-state index in [2.05, 4.69) is 76.8 Å². The lowest BCUT2D eigenvalue weighted by Crippen LogP contribution is -2.08. The standard InChI is InChI=1S/C16H20IN3O/c1-5-18-16-14(17)13(9-21-4)19-15(20-16)12-7-10(2)6-11(3)8-12/h6-8H,5,9H2,1-4H3,(H,18,19,20). The van der Waals surface area contributed by atoms with Crippen LogP contribution < -0.4 is 5.32 Å². The Bertz CT molecular complexity index is 596. The molecule has 0 aliphatic carbocycles. The number of nitrogens with one attached hydrogen (secondary N) is 1. The first-order valence-electron chi connectivity index (χ1n) is 6.93. The summed E-state index contributed by atoms with van der Waals surface area (Å²) in [6.07, 6.45) is 0. The first kappa shape index (κ1) is 16.2. The third-order valence-corrected chi connectivity index (χ3v) is 4.16. The Morgan fingerprint density at radius 3 is 2.38 bits per heavy atom. The molecule has 0 aliphatic rings. The molecule has 0 amide bonds. The molecular weight excluding hydrogens is 377 g/mol. The maximum absolute atomic E-state index is 5.26. The second kappa shape index (κ2) is 7.17. The highest BCUT2D eigenvalue weighted by Gasteiger charge is 2.13. The van der Waals surface area contributed by atoms with E-state index in [4.69, 9.17) is 4.74 Å². The van der Waals surface area contributed by atoms with E-state index in [1.807, 2.05) is 0 Å². The Hall–Kier alpha value is -1.21. The SMILES string of the molecule is CCNc1nc(-c2cc(C)cc(C)c2)nc(COC)c1I. The average Bonchev–Trinajstić information content (AvgIpc) is 2.42. The molecule has 0 saturated heterocycles. The van der Waals surface area contributed by atoms with Crippen molar-refractivity contribution < 1.29 is 4.74 Å². The van der Waals surface area contributed by atoms with Gasteiger partial charge >= 0.3 is 0 Å². The zero-order chi connectivity index (χ0) is 15.4. The Balaban J connectivity index is 2.56. The molecule has 0 spiro atoms. The quantitative estimate of drug-likeness (QED) is 0.777. The average molecular weight is 397 g/mol. The Labute approximate surface area is 139 Å². The summed E-state index contributed by atoms with van der Waals surface area (Å²) >= 11 is 2.27. The van der Waals surface area contributed by atoms with Crippen LogP contribution >= 0.6 is 22.6 Å². The van der Waals surface area contributed by atoms with Crippen molar-refractivity contribution in [3.8, 4) is 11.4 Å². The summed E-state index contributed by atoms with van der Waals surface area (Å²) in [5, 5.41) is 3.30. The van der Waals surface area contributed by atoms with Gasteiger partial charge in [0.25, 0.3) is 0 Å². The van der Waals surface area contributed by atoms with Gasteiger partial charge in [-0.3, -0.25) is 0 Å². The predicted molar refractivity (Wildman–Crippen MR) is 94.5 cm³/mol. The highest BCUT2D eigenvalue weighted by Crippen LogP contribution is 2.25. The van der Waals surface area contributed by atoms with E-state index in [1.54, 1.807) is 7.11 Å². The van der Waals surface area contributed by atoms with E-state index in [9.17, 15) is 0 Å². The van der Waals surface area contributed by atoms with Crippen LogP contribution in [-0.2, 0) is 11.3 Å². The van der Waals surface area contributed by atoms with Crippen molar-refractivity contribution in [3.05, 3.63) is 38.6 Å². The van der Waals surface area contributed by atoms with Crippen molar-refractivity contribution in [2.24, 2.45) is 0 Å². The van der Waals surface area contributed by atoms with Gasteiger partial charge in [0.2, 0.25) is 0 Å². The number of hydrogen-bond acceptors (Lipinski definition) is 4. The smallest absolute Gasteiger partial charge is 0.161 e. The first-order chi connectivity index (χ1) is 10.0. The van der Waals surface area contributed by atoms with Crippen LogP contribution in [0.15, 0.2) is 18.2 Å². The van der Waals surface area contributed by atoms with Gasteiger partial charge in [0.05, 0.1) is 15.9 Å². The normalized spacial score (nSPS) is 10.7. The van der Waals surface area contributed by atoms with Crippen LogP contribution in [0.25, 0.3) is 11.4 Å². The summed E-state index contributed by atoms with van der Waals surface area (Å²) < 4.78 is 6.28. The van der Waals surface area contributed by atoms with Gasteiger partial charge in [-0.1, -0.05) is 17.2 Å². The first-order valence-corrected chi connectivity index (χ1v) is 8.01. The maximum atomic E-state index is 5.26. The minimum absolute atomic E-state index is 0.483. The monoisotopic (exact) mass is 397 g/mol. The molecule has 2 rings (SSSR count). The fraction of sp³-hybridized carbons (Fsp3) is 0.375. The fourth-order valence-electron chi connectivity index (χ4n) is 2.24. The van der Waals surface area contributed by atoms with Gasteiger partial charge in [0.1, 0.15) is 5.82 Å². The molecule has 1 aromatic heterocycles. The second-order valence-corrected chi connectivity index (χ2v) is 6.07. The third kappa shape index (κ3) is 3.91. The molecule has 0 saturated carbocycles. The maximum Gasteiger partial charge on any atom is 0.161 e. The molecule has 1 heterocycles. The van der Waals surface area contributed by atoms with E-state index in [-0.39, 0.29) is 0 Å². The molecule has 0 atom stereocenters. The minimum Gasteiger partial charge on any atom is -0.378 e. The van der Waals surface area contributed by atoms with Crippen molar-refractivity contribution in [1.29, 1.82) is 0 Å². The number of methoxy groups -OCH3 is 1. The number of aryl methyl sites for hydroxylation is 2. The van der Waals surface area contributed by atoms with Crippen LogP contribution in [0.2, 0.25) is 0 Å². The van der Waals surface area contributed by atoms with E-state index in [1.165, 1.54) is 11.1 Å². The van der Waals surface area contributed by atoms with Crippen LogP contribution in [0.5, 0.6) is 0 Å². The molecule has 0 radical (unpaired) electrons. The summed E-state index contributed by atoms with van der Waals surface area (Å²) in [6, 6.07) is 6.38. The van der Waals surface area contributed by atoms with Crippen molar-refractivity contribution >= 4 is 28.4 Å². The van der Waals surface area contributed by atoms with E-state index in [0.717, 1.165) is 33.0 Å². The number of hydrogen-bond donors (Lipinski definition) is 1. The number of nitrogens with zero attached hydrogens (tertiary/aromatic N) is 2. The summed E-state index contributed by atoms with van der Waals surface area (Å²) in [5.41, 5.74) is 4.38. The molecule has 1 N–H and O–H groups in total. The number of halogens is 1. The van der Waals surface area contributed by atoms with Gasteiger partial charge in [-0.05, 0) is 55.5 Å². The summed E-state index contributed by atoms with van der Waals surface area (Å²) in [5.74, 6) is 1.61. The predicted octanol–water partition coefficient (Wildman–Crippen LogP) is 3.94. The number of ether oxygens (including phenoxy) is 1. The topological polar surface area (TPSA) is 47.0 Å². The van der Waals surface area contributed by atoms with Crippen molar-refractivity contribution in [2.75, 3.05) is 19.0 Å².